The van der Waals surface area contributed by atoms with E-state index in [1.54, 1.807) is 43.5 Å². The van der Waals surface area contributed by atoms with Crippen molar-refractivity contribution in [3.8, 4) is 11.5 Å². The Morgan fingerprint density at radius 3 is 2.21 bits per heavy atom. The van der Waals surface area contributed by atoms with Gasteiger partial charge in [0.1, 0.15) is 5.75 Å². The van der Waals surface area contributed by atoms with Gasteiger partial charge in [-0.05, 0) is 36.2 Å². The van der Waals surface area contributed by atoms with Gasteiger partial charge in [0.15, 0.2) is 15.6 Å². The van der Waals surface area contributed by atoms with Crippen molar-refractivity contribution in [2.45, 2.75) is 18.9 Å². The Balaban J connectivity index is 1.95. The second-order valence-electron chi connectivity index (χ2n) is 6.79. The minimum atomic E-state index is -3.20. The molecule has 2 aromatic rings. The van der Waals surface area contributed by atoms with Gasteiger partial charge >= 0.3 is 0 Å². The number of sulfone groups is 1. The van der Waals surface area contributed by atoms with E-state index in [4.69, 9.17) is 32.7 Å². The highest BCUT2D eigenvalue weighted by molar-refractivity contribution is 7.91. The van der Waals surface area contributed by atoms with Gasteiger partial charge in [-0.2, -0.15) is 0 Å². The van der Waals surface area contributed by atoms with Crippen LogP contribution in [0.4, 0.5) is 5.69 Å². The molecular weight excluding hydrogens is 437 g/mol. The first-order valence-corrected chi connectivity index (χ1v) is 11.5. The van der Waals surface area contributed by atoms with E-state index in [2.05, 4.69) is 0 Å². The summed E-state index contributed by atoms with van der Waals surface area (Å²) in [6.45, 7) is 0. The quantitative estimate of drug-likeness (QED) is 0.659. The Morgan fingerprint density at radius 2 is 1.72 bits per heavy atom. The molecule has 156 valence electrons. The van der Waals surface area contributed by atoms with E-state index in [1.807, 2.05) is 0 Å². The Kier molecular flexibility index (Phi) is 6.61. The fourth-order valence-electron chi connectivity index (χ4n) is 3.42. The van der Waals surface area contributed by atoms with Gasteiger partial charge in [0.25, 0.3) is 0 Å². The molecule has 1 aliphatic rings. The molecule has 1 aliphatic heterocycles. The van der Waals surface area contributed by atoms with Crippen molar-refractivity contribution in [2.75, 3.05) is 30.6 Å². The van der Waals surface area contributed by atoms with Crippen molar-refractivity contribution < 1.29 is 22.7 Å². The predicted octanol–water partition coefficient (Wildman–Crippen LogP) is 3.77. The second-order valence-corrected chi connectivity index (χ2v) is 9.83. The molecule has 0 bridgehead atoms. The van der Waals surface area contributed by atoms with Crippen molar-refractivity contribution in [1.29, 1.82) is 0 Å². The third-order valence-electron chi connectivity index (χ3n) is 4.82. The number of methoxy groups -OCH3 is 2. The molecule has 2 aromatic carbocycles. The van der Waals surface area contributed by atoms with Crippen LogP contribution >= 0.6 is 23.2 Å². The molecule has 0 aliphatic carbocycles. The maximum atomic E-state index is 13.2. The Hall–Kier alpha value is -1.96. The first-order chi connectivity index (χ1) is 13.7. The summed E-state index contributed by atoms with van der Waals surface area (Å²) in [6.07, 6.45) is 0.458. The maximum Gasteiger partial charge on any atom is 0.231 e. The lowest BCUT2D eigenvalue weighted by atomic mass is 10.1. The van der Waals surface area contributed by atoms with Crippen LogP contribution in [0.15, 0.2) is 36.4 Å². The third kappa shape index (κ3) is 4.97. The van der Waals surface area contributed by atoms with Gasteiger partial charge in [0.2, 0.25) is 5.91 Å². The number of halogens is 2. The fraction of sp³-hybridized carbons (Fsp3) is 0.350. The average molecular weight is 458 g/mol. The van der Waals surface area contributed by atoms with Crippen LogP contribution in [-0.4, -0.2) is 46.1 Å². The number of carbonyl (C=O) groups is 1. The molecule has 29 heavy (non-hydrogen) atoms. The summed E-state index contributed by atoms with van der Waals surface area (Å²) >= 11 is 12.5. The molecule has 0 N–H and O–H groups in total. The molecule has 3 rings (SSSR count). The molecule has 1 heterocycles. The van der Waals surface area contributed by atoms with Gasteiger partial charge in [-0.3, -0.25) is 4.79 Å². The van der Waals surface area contributed by atoms with Crippen molar-refractivity contribution in [2.24, 2.45) is 0 Å². The van der Waals surface area contributed by atoms with Gasteiger partial charge in [-0.1, -0.05) is 35.3 Å². The van der Waals surface area contributed by atoms with Gasteiger partial charge in [-0.15, -0.1) is 0 Å². The molecule has 0 aromatic heterocycles. The zero-order valence-electron chi connectivity index (χ0n) is 16.0. The Morgan fingerprint density at radius 1 is 1.10 bits per heavy atom. The Labute approximate surface area is 180 Å². The van der Waals surface area contributed by atoms with E-state index in [0.29, 0.717) is 23.6 Å². The highest BCUT2D eigenvalue weighted by Gasteiger charge is 2.36. The van der Waals surface area contributed by atoms with E-state index in [1.165, 1.54) is 12.0 Å². The van der Waals surface area contributed by atoms with Crippen molar-refractivity contribution in [1.82, 2.24) is 0 Å². The number of ether oxygens (including phenoxy) is 2. The Bertz CT molecular complexity index is 985. The van der Waals surface area contributed by atoms with E-state index >= 15 is 0 Å². The molecule has 1 saturated heterocycles. The number of amides is 1. The van der Waals surface area contributed by atoms with Crippen LogP contribution in [0.1, 0.15) is 12.0 Å². The zero-order chi connectivity index (χ0) is 21.2. The van der Waals surface area contributed by atoms with Gasteiger partial charge in [0, 0.05) is 5.69 Å². The summed E-state index contributed by atoms with van der Waals surface area (Å²) in [5.41, 5.74) is 1.23. The number of rotatable bonds is 6. The molecular formula is C20H21Cl2NO5S. The van der Waals surface area contributed by atoms with Crippen LogP contribution < -0.4 is 14.4 Å². The molecule has 0 spiro atoms. The number of nitrogens with zero attached hydrogens (tertiary/aromatic N) is 1. The monoisotopic (exact) mass is 457 g/mol. The SMILES string of the molecule is COc1ccc(CC(=O)N(c2cc(Cl)c(OC)c(Cl)c2)[C@H]2CCS(=O)(=O)C2)cc1. The van der Waals surface area contributed by atoms with E-state index in [0.717, 1.165) is 5.56 Å². The lowest BCUT2D eigenvalue weighted by molar-refractivity contribution is -0.118. The van der Waals surface area contributed by atoms with Gasteiger partial charge < -0.3 is 14.4 Å². The van der Waals surface area contributed by atoms with E-state index in [9.17, 15) is 13.2 Å². The minimum absolute atomic E-state index is 0.0433. The zero-order valence-corrected chi connectivity index (χ0v) is 18.4. The van der Waals surface area contributed by atoms with Crippen LogP contribution in [-0.2, 0) is 21.1 Å². The second kappa shape index (κ2) is 8.81. The van der Waals surface area contributed by atoms with Crippen LogP contribution in [0.2, 0.25) is 10.0 Å². The molecule has 1 atom stereocenters. The van der Waals surface area contributed by atoms with Gasteiger partial charge in [-0.25, -0.2) is 8.42 Å². The minimum Gasteiger partial charge on any atom is -0.497 e. The number of carbonyl (C=O) groups excluding carboxylic acids is 1. The summed E-state index contributed by atoms with van der Waals surface area (Å²) in [7, 11) is -0.182. The molecule has 9 heteroatoms. The normalized spacial score (nSPS) is 17.7. The van der Waals surface area contributed by atoms with Crippen LogP contribution in [0.25, 0.3) is 0 Å². The maximum absolute atomic E-state index is 13.2. The highest BCUT2D eigenvalue weighted by atomic mass is 35.5. The van der Waals surface area contributed by atoms with Crippen LogP contribution in [0, 0.1) is 0 Å². The number of anilines is 1. The van der Waals surface area contributed by atoms with E-state index < -0.39 is 15.9 Å². The fourth-order valence-corrected chi connectivity index (χ4v) is 5.75. The lowest BCUT2D eigenvalue weighted by Gasteiger charge is -2.29. The summed E-state index contributed by atoms with van der Waals surface area (Å²) < 4.78 is 34.4. The molecule has 1 fully saturated rings. The molecule has 6 nitrogen and oxygen atoms in total. The van der Waals surface area contributed by atoms with Gasteiger partial charge in [0.05, 0.1) is 48.2 Å². The summed E-state index contributed by atoms with van der Waals surface area (Å²) in [5.74, 6) is 0.700. The molecule has 0 radical (unpaired) electrons. The van der Waals surface area contributed by atoms with Crippen LogP contribution in [0.5, 0.6) is 11.5 Å². The largest absolute Gasteiger partial charge is 0.497 e. The van der Waals surface area contributed by atoms with Crippen molar-refractivity contribution >= 4 is 44.6 Å². The van der Waals surface area contributed by atoms with E-state index in [-0.39, 0.29) is 33.9 Å². The standard InChI is InChI=1S/C20H21Cl2NO5S/c1-27-16-5-3-13(4-6-16)9-19(24)23(14-7-8-29(25,26)12-14)15-10-17(21)20(28-2)18(22)11-15/h3-6,10-11,14H,7-9,12H2,1-2H3/t14-/m0/s1. The topological polar surface area (TPSA) is 72.9 Å². The lowest BCUT2D eigenvalue weighted by Crippen LogP contribution is -2.42. The smallest absolute Gasteiger partial charge is 0.231 e. The molecule has 0 unspecified atom stereocenters. The molecule has 0 saturated carbocycles. The third-order valence-corrected chi connectivity index (χ3v) is 7.13. The predicted molar refractivity (Wildman–Crippen MR) is 114 cm³/mol. The summed E-state index contributed by atoms with van der Waals surface area (Å²) in [6, 6.07) is 9.81. The number of hydrogen-bond donors (Lipinski definition) is 0. The summed E-state index contributed by atoms with van der Waals surface area (Å²) in [5, 5.41) is 0.496. The first-order valence-electron chi connectivity index (χ1n) is 8.92. The average Bonchev–Trinajstić information content (AvgIpc) is 3.01. The first kappa shape index (κ1) is 21.7. The summed E-state index contributed by atoms with van der Waals surface area (Å²) in [4.78, 5) is 14.7. The molecule has 1 amide bonds. The highest BCUT2D eigenvalue weighted by Crippen LogP contribution is 2.38. The van der Waals surface area contributed by atoms with Crippen molar-refractivity contribution in [3.05, 3.63) is 52.0 Å². The van der Waals surface area contributed by atoms with Crippen molar-refractivity contribution in [3.63, 3.8) is 0 Å². The number of hydrogen-bond acceptors (Lipinski definition) is 5. The van der Waals surface area contributed by atoms with Crippen LogP contribution in [0.3, 0.4) is 0 Å². The number of benzene rings is 2.